The molecule has 1 fully saturated rings. The molecule has 0 radical (unpaired) electrons. The molecule has 2 aliphatic heterocycles. The third-order valence-corrected chi connectivity index (χ3v) is 4.71. The van der Waals surface area contributed by atoms with Gasteiger partial charge in [0, 0.05) is 19.0 Å². The molecule has 0 unspecified atom stereocenters. The van der Waals surface area contributed by atoms with E-state index in [0.29, 0.717) is 17.8 Å². The summed E-state index contributed by atoms with van der Waals surface area (Å²) in [6.07, 6.45) is -5.34. The number of carbonyl (C=O) groups is 2. The van der Waals surface area contributed by atoms with Crippen LogP contribution in [0.2, 0.25) is 0 Å². The first kappa shape index (κ1) is 20.2. The number of aliphatic hydroxyl groups is 3. The topological polar surface area (TPSA) is 141 Å². The number of nitrogens with zero attached hydrogens (tertiary/aromatic N) is 2. The molecule has 2 heterocycles. The van der Waals surface area contributed by atoms with Crippen molar-refractivity contribution in [3.63, 3.8) is 0 Å². The molecule has 0 saturated carbocycles. The third kappa shape index (κ3) is 3.59. The highest BCUT2D eigenvalue weighted by Crippen LogP contribution is 2.29. The minimum absolute atomic E-state index is 0.0591. The number of anilines is 1. The van der Waals surface area contributed by atoms with Gasteiger partial charge >= 0.3 is 0 Å². The molecule has 0 bridgehead atoms. The molecule has 0 aliphatic carbocycles. The molecular weight excluding hydrogens is 370 g/mol. The molecule has 10 heteroatoms. The van der Waals surface area contributed by atoms with Crippen LogP contribution < -0.4 is 10.2 Å². The summed E-state index contributed by atoms with van der Waals surface area (Å²) in [4.78, 5) is 31.0. The molecule has 28 heavy (non-hydrogen) atoms. The summed E-state index contributed by atoms with van der Waals surface area (Å²) >= 11 is 0. The van der Waals surface area contributed by atoms with Crippen LogP contribution in [-0.4, -0.2) is 76.6 Å². The molecule has 2 aliphatic rings. The minimum Gasteiger partial charge on any atom is -0.394 e. The second-order valence-corrected chi connectivity index (χ2v) is 6.54. The van der Waals surface area contributed by atoms with E-state index in [4.69, 9.17) is 9.57 Å². The molecule has 3 rings (SSSR count). The van der Waals surface area contributed by atoms with E-state index in [1.807, 2.05) is 6.92 Å². The van der Waals surface area contributed by atoms with Crippen molar-refractivity contribution in [2.24, 2.45) is 5.16 Å². The third-order valence-electron chi connectivity index (χ3n) is 4.71. The molecule has 1 saturated heterocycles. The van der Waals surface area contributed by atoms with Crippen molar-refractivity contribution in [3.05, 3.63) is 29.8 Å². The van der Waals surface area contributed by atoms with E-state index < -0.39 is 43.2 Å². The van der Waals surface area contributed by atoms with Crippen LogP contribution in [0.5, 0.6) is 0 Å². The summed E-state index contributed by atoms with van der Waals surface area (Å²) in [5, 5.41) is 36.0. The number of nitrogens with one attached hydrogen (secondary N) is 1. The van der Waals surface area contributed by atoms with Gasteiger partial charge in [-0.25, -0.2) is 0 Å². The summed E-state index contributed by atoms with van der Waals surface area (Å²) in [5.41, 5.74) is 1.34. The van der Waals surface area contributed by atoms with Crippen molar-refractivity contribution in [1.82, 2.24) is 5.32 Å². The number of benzene rings is 1. The largest absolute Gasteiger partial charge is 0.394 e. The number of ether oxygens (including phenoxy) is 1. The Morgan fingerprint density at radius 1 is 1.32 bits per heavy atom. The van der Waals surface area contributed by atoms with Gasteiger partial charge in [0.2, 0.25) is 12.2 Å². The Labute approximate surface area is 161 Å². The lowest BCUT2D eigenvalue weighted by Gasteiger charge is -2.40. The Morgan fingerprint density at radius 2 is 2.04 bits per heavy atom. The van der Waals surface area contributed by atoms with Gasteiger partial charge in [-0.05, 0) is 13.0 Å². The van der Waals surface area contributed by atoms with E-state index in [1.165, 1.54) is 6.92 Å². The van der Waals surface area contributed by atoms with Crippen LogP contribution in [0.3, 0.4) is 0 Å². The summed E-state index contributed by atoms with van der Waals surface area (Å²) < 4.78 is 5.44. The smallest absolute Gasteiger partial charge is 0.281 e. The zero-order chi connectivity index (χ0) is 20.4. The number of likely N-dealkylation sites (N-methyl/N-ethyl adjacent to an activating group) is 1. The van der Waals surface area contributed by atoms with E-state index >= 15 is 0 Å². The van der Waals surface area contributed by atoms with Crippen molar-refractivity contribution < 1.29 is 34.5 Å². The molecular formula is C18H23N3O7. The van der Waals surface area contributed by atoms with E-state index in [-0.39, 0.29) is 11.6 Å². The number of amides is 2. The minimum atomic E-state index is -1.46. The van der Waals surface area contributed by atoms with Gasteiger partial charge in [-0.2, -0.15) is 0 Å². The summed E-state index contributed by atoms with van der Waals surface area (Å²) in [5.74, 6) is -0.835. The number of para-hydroxylation sites is 1. The van der Waals surface area contributed by atoms with Crippen LogP contribution >= 0.6 is 0 Å². The number of aliphatic hydroxyl groups excluding tert-OH is 3. The first-order valence-electron chi connectivity index (χ1n) is 8.93. The molecule has 152 valence electrons. The number of fused-ring (bicyclic) bond motifs is 1. The first-order chi connectivity index (χ1) is 13.4. The number of hydrogen-bond donors (Lipinski definition) is 4. The van der Waals surface area contributed by atoms with Crippen molar-refractivity contribution >= 4 is 23.2 Å². The maximum Gasteiger partial charge on any atom is 0.281 e. The van der Waals surface area contributed by atoms with E-state index in [2.05, 4.69) is 10.5 Å². The van der Waals surface area contributed by atoms with E-state index in [9.17, 15) is 24.9 Å². The number of carbonyl (C=O) groups excluding carboxylic acids is 2. The summed E-state index contributed by atoms with van der Waals surface area (Å²) in [7, 11) is 0. The van der Waals surface area contributed by atoms with Crippen LogP contribution in [-0.2, 0) is 19.2 Å². The van der Waals surface area contributed by atoms with Gasteiger partial charge in [0.15, 0.2) is 5.71 Å². The van der Waals surface area contributed by atoms with Crippen LogP contribution in [0.15, 0.2) is 29.4 Å². The van der Waals surface area contributed by atoms with Crippen molar-refractivity contribution in [2.75, 3.05) is 18.1 Å². The van der Waals surface area contributed by atoms with Gasteiger partial charge in [-0.3, -0.25) is 9.59 Å². The molecule has 1 aromatic carbocycles. The number of hydrogen-bond acceptors (Lipinski definition) is 8. The average Bonchev–Trinajstić information content (AvgIpc) is 2.95. The highest BCUT2D eigenvalue weighted by atomic mass is 16.8. The lowest BCUT2D eigenvalue weighted by Crippen LogP contribution is -2.64. The fourth-order valence-electron chi connectivity index (χ4n) is 3.33. The normalized spacial score (nSPS) is 31.0. The molecule has 1 aromatic rings. The van der Waals surface area contributed by atoms with Crippen LogP contribution in [0.1, 0.15) is 19.4 Å². The zero-order valence-corrected chi connectivity index (χ0v) is 15.5. The summed E-state index contributed by atoms with van der Waals surface area (Å²) in [6.45, 7) is 2.93. The Morgan fingerprint density at radius 3 is 2.68 bits per heavy atom. The highest BCUT2D eigenvalue weighted by Gasteiger charge is 2.46. The number of oxime groups is 1. The number of rotatable bonds is 5. The van der Waals surface area contributed by atoms with Crippen molar-refractivity contribution in [1.29, 1.82) is 0 Å². The maximum atomic E-state index is 12.6. The van der Waals surface area contributed by atoms with Crippen molar-refractivity contribution in [2.45, 2.75) is 44.5 Å². The molecule has 4 N–H and O–H groups in total. The van der Waals surface area contributed by atoms with Crippen LogP contribution in [0.25, 0.3) is 0 Å². The van der Waals surface area contributed by atoms with Gasteiger partial charge in [-0.15, -0.1) is 0 Å². The van der Waals surface area contributed by atoms with Crippen LogP contribution in [0, 0.1) is 0 Å². The van der Waals surface area contributed by atoms with Gasteiger partial charge in [-0.1, -0.05) is 23.4 Å². The first-order valence-corrected chi connectivity index (χ1v) is 8.93. The predicted octanol–water partition coefficient (Wildman–Crippen LogP) is -1.28. The quantitative estimate of drug-likeness (QED) is 0.457. The van der Waals surface area contributed by atoms with Gasteiger partial charge in [0.25, 0.3) is 5.91 Å². The van der Waals surface area contributed by atoms with E-state index in [1.54, 1.807) is 29.2 Å². The fourth-order valence-corrected chi connectivity index (χ4v) is 3.33. The highest BCUT2D eigenvalue weighted by molar-refractivity contribution is 6.54. The Balaban J connectivity index is 1.88. The van der Waals surface area contributed by atoms with Crippen molar-refractivity contribution in [3.8, 4) is 0 Å². The predicted molar refractivity (Wildman–Crippen MR) is 97.5 cm³/mol. The molecule has 0 aromatic heterocycles. The Bertz CT molecular complexity index is 784. The lowest BCUT2D eigenvalue weighted by atomic mass is 9.97. The SMILES string of the molecule is CCN1C(=O)/C(=N\O[C@H]2O[C@@H](CO)[C@@H](O)[C@@H](O)[C@@H]2NC(C)=O)c2ccccc21. The zero-order valence-electron chi connectivity index (χ0n) is 15.5. The average molecular weight is 393 g/mol. The fraction of sp³-hybridized carbons (Fsp3) is 0.500. The Kier molecular flexibility index (Phi) is 5.94. The summed E-state index contributed by atoms with van der Waals surface area (Å²) in [6, 6.07) is 5.94. The molecule has 5 atom stereocenters. The second-order valence-electron chi connectivity index (χ2n) is 6.54. The second kappa shape index (κ2) is 8.23. The van der Waals surface area contributed by atoms with Gasteiger partial charge < -0.3 is 35.1 Å². The molecule has 10 nitrogen and oxygen atoms in total. The monoisotopic (exact) mass is 393 g/mol. The van der Waals surface area contributed by atoms with E-state index in [0.717, 1.165) is 0 Å². The Hall–Kier alpha value is -2.53. The maximum absolute atomic E-state index is 12.6. The standard InChI is InChI=1S/C18H23N3O7/c1-3-21-11-7-5-4-6-10(11)13(17(21)26)20-28-18-14(19-9(2)23)16(25)15(24)12(8-22)27-18/h4-7,12,14-16,18,22,24-25H,3,8H2,1-2H3,(H,19,23)/b20-13-/t12-,14-,15+,16-,18+/m0/s1. The van der Waals surface area contributed by atoms with Gasteiger partial charge in [0.1, 0.15) is 24.4 Å². The van der Waals surface area contributed by atoms with Gasteiger partial charge in [0.05, 0.1) is 12.3 Å². The molecule has 2 amide bonds. The molecule has 0 spiro atoms. The van der Waals surface area contributed by atoms with Crippen LogP contribution in [0.4, 0.5) is 5.69 Å². The lowest BCUT2D eigenvalue weighted by molar-refractivity contribution is -0.270.